The zero-order valence-corrected chi connectivity index (χ0v) is 23.1. The van der Waals surface area contributed by atoms with Crippen molar-refractivity contribution in [1.29, 1.82) is 0 Å². The van der Waals surface area contributed by atoms with Gasteiger partial charge >= 0.3 is 0 Å². The number of thioether (sulfide) groups is 1. The minimum absolute atomic E-state index is 0.0492. The van der Waals surface area contributed by atoms with Gasteiger partial charge in [0.1, 0.15) is 12.4 Å². The average Bonchev–Trinajstić information content (AvgIpc) is 3.21. The highest BCUT2D eigenvalue weighted by Gasteiger charge is 2.38. The Balaban J connectivity index is 1.82. The first kappa shape index (κ1) is 26.1. The normalized spacial score (nSPS) is 15.3. The summed E-state index contributed by atoms with van der Waals surface area (Å²) >= 11 is 8.24. The number of benzene rings is 3. The molecule has 2 heterocycles. The van der Waals surface area contributed by atoms with E-state index in [1.807, 2.05) is 68.4 Å². The van der Waals surface area contributed by atoms with Crippen LogP contribution in [0.2, 0.25) is 5.02 Å². The molecule has 0 aliphatic carbocycles. The first-order valence-electron chi connectivity index (χ1n) is 12.5. The van der Waals surface area contributed by atoms with Crippen LogP contribution in [0.25, 0.3) is 16.9 Å². The molecule has 1 N–H and O–H groups in total. The number of para-hydroxylation sites is 1. The Morgan fingerprint density at radius 2 is 1.82 bits per heavy atom. The van der Waals surface area contributed by atoms with Crippen LogP contribution in [0.1, 0.15) is 35.8 Å². The summed E-state index contributed by atoms with van der Waals surface area (Å²) in [4.78, 5) is 28.3. The lowest BCUT2D eigenvalue weighted by molar-refractivity contribution is -0.123. The third-order valence-electron chi connectivity index (χ3n) is 6.31. The zero-order valence-electron chi connectivity index (χ0n) is 21.5. The number of aromatic nitrogens is 2. The summed E-state index contributed by atoms with van der Waals surface area (Å²) in [6.07, 6.45) is 0. The van der Waals surface area contributed by atoms with Crippen molar-refractivity contribution in [1.82, 2.24) is 15.1 Å². The number of carbonyl (C=O) groups is 2. The molecule has 2 amide bonds. The summed E-state index contributed by atoms with van der Waals surface area (Å²) in [6, 6.07) is 25.6. The number of hydrogen-bond donors (Lipinski definition) is 1. The molecule has 4 aromatic rings. The maximum absolute atomic E-state index is 13.7. The van der Waals surface area contributed by atoms with Crippen LogP contribution in [0.3, 0.4) is 0 Å². The van der Waals surface area contributed by atoms with Crippen LogP contribution in [0.5, 0.6) is 0 Å². The van der Waals surface area contributed by atoms with Gasteiger partial charge < -0.3 is 5.32 Å². The maximum Gasteiger partial charge on any atom is 0.240 e. The maximum atomic E-state index is 13.7. The average molecular weight is 545 g/mol. The highest BCUT2D eigenvalue weighted by Crippen LogP contribution is 2.49. The van der Waals surface area contributed by atoms with Crippen molar-refractivity contribution in [2.75, 3.05) is 17.2 Å². The van der Waals surface area contributed by atoms with E-state index >= 15 is 0 Å². The summed E-state index contributed by atoms with van der Waals surface area (Å²) < 4.78 is 1.73. The van der Waals surface area contributed by atoms with Crippen LogP contribution in [0.4, 0.5) is 5.82 Å². The van der Waals surface area contributed by atoms with E-state index in [0.29, 0.717) is 16.5 Å². The number of hydrogen-bond acceptors (Lipinski definition) is 4. The number of anilines is 1. The fourth-order valence-electron chi connectivity index (χ4n) is 4.73. The molecule has 1 aromatic heterocycles. The molecule has 0 unspecified atom stereocenters. The number of carbonyl (C=O) groups excluding carboxylic acids is 2. The van der Waals surface area contributed by atoms with Gasteiger partial charge in [-0.15, -0.1) is 11.8 Å². The van der Waals surface area contributed by atoms with Gasteiger partial charge in [-0.3, -0.25) is 14.5 Å². The Morgan fingerprint density at radius 3 is 2.53 bits per heavy atom. The molecule has 8 heteroatoms. The van der Waals surface area contributed by atoms with Crippen LogP contribution >= 0.6 is 23.4 Å². The fourth-order valence-corrected chi connectivity index (χ4v) is 6.13. The Bertz CT molecular complexity index is 1480. The molecular weight excluding hydrogens is 516 g/mol. The standard InChI is InChI=1S/C30H29ClN4O2S/c1-19(2)32-25(36)17-34-26(37)18-38-29(22-13-9-10-20(3)16-22)27-28(21-11-5-4-6-12-21)33-35(30(27)34)24-15-8-7-14-23(24)31/h4-16,19,29H,17-18H2,1-3H3,(H,32,36)/t29-/m0/s1. The van der Waals surface area contributed by atoms with Crippen molar-refractivity contribution in [2.24, 2.45) is 0 Å². The summed E-state index contributed by atoms with van der Waals surface area (Å²) in [7, 11) is 0. The molecule has 0 radical (unpaired) electrons. The van der Waals surface area contributed by atoms with Crippen LogP contribution < -0.4 is 10.2 Å². The van der Waals surface area contributed by atoms with E-state index in [9.17, 15) is 9.59 Å². The number of rotatable bonds is 6. The molecule has 3 aromatic carbocycles. The van der Waals surface area contributed by atoms with Gasteiger partial charge in [0.15, 0.2) is 0 Å². The van der Waals surface area contributed by atoms with Crippen molar-refractivity contribution in [3.63, 3.8) is 0 Å². The molecule has 0 bridgehead atoms. The largest absolute Gasteiger partial charge is 0.352 e. The number of halogens is 1. The van der Waals surface area contributed by atoms with E-state index in [2.05, 4.69) is 30.4 Å². The Hall–Kier alpha value is -3.55. The number of aryl methyl sites for hydroxylation is 1. The zero-order chi connectivity index (χ0) is 26.8. The molecule has 0 fully saturated rings. The lowest BCUT2D eigenvalue weighted by atomic mass is 9.98. The van der Waals surface area contributed by atoms with E-state index in [-0.39, 0.29) is 35.4 Å². The molecular formula is C30H29ClN4O2S. The van der Waals surface area contributed by atoms with Gasteiger partial charge in [-0.05, 0) is 38.5 Å². The third kappa shape index (κ3) is 5.22. The van der Waals surface area contributed by atoms with Crippen molar-refractivity contribution in [2.45, 2.75) is 32.1 Å². The second-order valence-electron chi connectivity index (χ2n) is 9.62. The van der Waals surface area contributed by atoms with Gasteiger partial charge in [-0.1, -0.05) is 83.9 Å². The monoisotopic (exact) mass is 544 g/mol. The smallest absolute Gasteiger partial charge is 0.240 e. The minimum atomic E-state index is -0.230. The van der Waals surface area contributed by atoms with Gasteiger partial charge in [-0.25, -0.2) is 4.68 Å². The van der Waals surface area contributed by atoms with Crippen LogP contribution in [0, 0.1) is 6.92 Å². The number of amides is 2. The van der Waals surface area contributed by atoms with E-state index in [1.54, 1.807) is 27.4 Å². The first-order valence-corrected chi connectivity index (χ1v) is 14.0. The van der Waals surface area contributed by atoms with Crippen molar-refractivity contribution < 1.29 is 9.59 Å². The third-order valence-corrected chi connectivity index (χ3v) is 7.89. The van der Waals surface area contributed by atoms with Crippen LogP contribution in [-0.4, -0.2) is 39.9 Å². The Kier molecular flexibility index (Phi) is 7.58. The molecule has 1 atom stereocenters. The molecule has 38 heavy (non-hydrogen) atoms. The van der Waals surface area contributed by atoms with Crippen LogP contribution in [-0.2, 0) is 9.59 Å². The van der Waals surface area contributed by atoms with Gasteiger partial charge in [0, 0.05) is 17.2 Å². The molecule has 1 aliphatic heterocycles. The van der Waals surface area contributed by atoms with Gasteiger partial charge in [0.25, 0.3) is 0 Å². The molecule has 6 nitrogen and oxygen atoms in total. The van der Waals surface area contributed by atoms with Crippen LogP contribution in [0.15, 0.2) is 78.9 Å². The van der Waals surface area contributed by atoms with E-state index in [0.717, 1.165) is 27.9 Å². The Morgan fingerprint density at radius 1 is 1.08 bits per heavy atom. The molecule has 0 saturated carbocycles. The summed E-state index contributed by atoms with van der Waals surface area (Å²) in [6.45, 7) is 5.75. The number of nitrogens with zero attached hydrogens (tertiary/aromatic N) is 3. The van der Waals surface area contributed by atoms with Gasteiger partial charge in [0.2, 0.25) is 11.8 Å². The first-order chi connectivity index (χ1) is 18.3. The topological polar surface area (TPSA) is 67.2 Å². The molecule has 5 rings (SSSR count). The Labute approximate surface area is 232 Å². The molecule has 0 saturated heterocycles. The highest BCUT2D eigenvalue weighted by atomic mass is 35.5. The van der Waals surface area contributed by atoms with E-state index < -0.39 is 0 Å². The molecule has 0 spiro atoms. The predicted molar refractivity (Wildman–Crippen MR) is 155 cm³/mol. The number of nitrogens with one attached hydrogen (secondary N) is 1. The fraction of sp³-hybridized carbons (Fsp3) is 0.233. The lowest BCUT2D eigenvalue weighted by Gasteiger charge is -2.24. The van der Waals surface area contributed by atoms with E-state index in [4.69, 9.17) is 16.7 Å². The van der Waals surface area contributed by atoms with Crippen molar-refractivity contribution in [3.05, 3.63) is 101 Å². The minimum Gasteiger partial charge on any atom is -0.352 e. The SMILES string of the molecule is Cc1cccc([C@@H]2SCC(=O)N(CC(=O)NC(C)C)c3c2c(-c2ccccc2)nn3-c2ccccc2Cl)c1. The second-order valence-corrected chi connectivity index (χ2v) is 11.1. The second kappa shape index (κ2) is 11.1. The number of fused-ring (bicyclic) bond motifs is 1. The van der Waals surface area contributed by atoms with E-state index in [1.165, 1.54) is 0 Å². The van der Waals surface area contributed by atoms with Gasteiger partial charge in [0.05, 0.1) is 27.4 Å². The highest BCUT2D eigenvalue weighted by molar-refractivity contribution is 8.00. The van der Waals surface area contributed by atoms with Crippen molar-refractivity contribution in [3.8, 4) is 16.9 Å². The summed E-state index contributed by atoms with van der Waals surface area (Å²) in [5, 5.41) is 8.32. The van der Waals surface area contributed by atoms with Gasteiger partial charge in [-0.2, -0.15) is 5.10 Å². The lowest BCUT2D eigenvalue weighted by Crippen LogP contribution is -2.44. The predicted octanol–water partition coefficient (Wildman–Crippen LogP) is 6.19. The van der Waals surface area contributed by atoms with Crippen molar-refractivity contribution >= 4 is 41.0 Å². The summed E-state index contributed by atoms with van der Waals surface area (Å²) in [5.41, 5.74) is 5.42. The molecule has 1 aliphatic rings. The quantitative estimate of drug-likeness (QED) is 0.314. The summed E-state index contributed by atoms with van der Waals surface area (Å²) in [5.74, 6) is 0.404. The molecule has 194 valence electrons.